The molecule has 1 N–H and O–H groups in total. The number of nitrogens with one attached hydrogen (secondary N) is 1. The predicted octanol–water partition coefficient (Wildman–Crippen LogP) is 1.64. The van der Waals surface area contributed by atoms with Gasteiger partial charge in [0.05, 0.1) is 25.8 Å². The summed E-state index contributed by atoms with van der Waals surface area (Å²) in [6.45, 7) is 0.710. The molecule has 1 saturated heterocycles. The summed E-state index contributed by atoms with van der Waals surface area (Å²) in [5.74, 6) is 1.68. The van der Waals surface area contributed by atoms with Gasteiger partial charge in [-0.1, -0.05) is 17.3 Å². The first kappa shape index (κ1) is 19.0. The van der Waals surface area contributed by atoms with Crippen molar-refractivity contribution >= 4 is 5.91 Å². The third-order valence-corrected chi connectivity index (χ3v) is 4.96. The fourth-order valence-electron chi connectivity index (χ4n) is 3.49. The Labute approximate surface area is 168 Å². The van der Waals surface area contributed by atoms with E-state index < -0.39 is 0 Å². The highest BCUT2D eigenvalue weighted by Gasteiger charge is 2.35. The maximum atomic E-state index is 12.4. The molecule has 2 unspecified atom stereocenters. The summed E-state index contributed by atoms with van der Waals surface area (Å²) in [6.07, 6.45) is 5.80. The van der Waals surface area contributed by atoms with Crippen molar-refractivity contribution in [1.82, 2.24) is 30.3 Å². The Kier molecular flexibility index (Phi) is 5.48. The van der Waals surface area contributed by atoms with Crippen LogP contribution in [0.1, 0.15) is 23.9 Å². The Morgan fingerprint density at radius 2 is 2.14 bits per heavy atom. The Balaban J connectivity index is 1.36. The first-order valence-corrected chi connectivity index (χ1v) is 9.35. The lowest BCUT2D eigenvalue weighted by Crippen LogP contribution is -2.37. The van der Waals surface area contributed by atoms with E-state index in [2.05, 4.69) is 30.3 Å². The molecule has 1 fully saturated rings. The van der Waals surface area contributed by atoms with E-state index in [1.807, 2.05) is 31.3 Å². The minimum Gasteiger partial charge on any atom is -0.497 e. The number of likely N-dealkylation sites (tertiary alicyclic amines) is 1. The third kappa shape index (κ3) is 4.40. The molecule has 1 amide bonds. The highest BCUT2D eigenvalue weighted by molar-refractivity contribution is 5.79. The van der Waals surface area contributed by atoms with Crippen LogP contribution < -0.4 is 10.1 Å². The van der Waals surface area contributed by atoms with Gasteiger partial charge in [-0.05, 0) is 31.2 Å². The van der Waals surface area contributed by atoms with Crippen LogP contribution in [-0.2, 0) is 11.2 Å². The fourth-order valence-corrected chi connectivity index (χ4v) is 3.49. The number of hydrogen-bond donors (Lipinski definition) is 1. The summed E-state index contributed by atoms with van der Waals surface area (Å²) in [4.78, 5) is 27.2. The zero-order chi connectivity index (χ0) is 20.2. The first-order chi connectivity index (χ1) is 14.1. The van der Waals surface area contributed by atoms with Crippen molar-refractivity contribution in [2.75, 3.05) is 20.7 Å². The number of nitrogens with zero attached hydrogens (tertiary/aromatic N) is 5. The summed E-state index contributed by atoms with van der Waals surface area (Å²) in [5.41, 5.74) is 1.50. The molecule has 29 heavy (non-hydrogen) atoms. The zero-order valence-electron chi connectivity index (χ0n) is 16.3. The number of aromatic nitrogens is 4. The fraction of sp³-hybridized carbons (Fsp3) is 0.350. The van der Waals surface area contributed by atoms with Crippen LogP contribution in [-0.4, -0.2) is 57.7 Å². The van der Waals surface area contributed by atoms with Gasteiger partial charge in [0, 0.05) is 25.0 Å². The van der Waals surface area contributed by atoms with Crippen molar-refractivity contribution in [3.05, 3.63) is 54.3 Å². The van der Waals surface area contributed by atoms with Gasteiger partial charge >= 0.3 is 0 Å². The number of ether oxygens (including phenoxy) is 1. The van der Waals surface area contributed by atoms with E-state index in [1.165, 1.54) is 0 Å². The number of amides is 1. The van der Waals surface area contributed by atoms with E-state index in [0.717, 1.165) is 11.3 Å². The molecule has 0 spiro atoms. The normalized spacial score (nSPS) is 19.2. The largest absolute Gasteiger partial charge is 0.497 e. The van der Waals surface area contributed by atoms with Gasteiger partial charge in [-0.15, -0.1) is 0 Å². The standard InChI is InChI=1S/C20H22N6O3/c1-26-12-14(23-18(27)9-13-3-5-15(28-2)6-4-13)10-17(26)20-24-19(25-29-20)16-11-21-7-8-22-16/h3-8,11,14,17H,9-10,12H2,1-2H3,(H,23,27). The van der Waals surface area contributed by atoms with Crippen LogP contribution >= 0.6 is 0 Å². The quantitative estimate of drug-likeness (QED) is 0.673. The topological polar surface area (TPSA) is 106 Å². The van der Waals surface area contributed by atoms with E-state index in [0.29, 0.717) is 36.8 Å². The van der Waals surface area contributed by atoms with E-state index in [4.69, 9.17) is 9.26 Å². The molecular weight excluding hydrogens is 372 g/mol. The molecule has 1 aromatic carbocycles. The van der Waals surface area contributed by atoms with Crippen molar-refractivity contribution in [2.24, 2.45) is 0 Å². The highest BCUT2D eigenvalue weighted by Crippen LogP contribution is 2.30. The van der Waals surface area contributed by atoms with Gasteiger partial charge in [0.15, 0.2) is 0 Å². The molecule has 0 radical (unpaired) electrons. The molecule has 150 valence electrons. The molecule has 0 bridgehead atoms. The second kappa shape index (κ2) is 8.36. The van der Waals surface area contributed by atoms with Crippen LogP contribution in [0.5, 0.6) is 5.75 Å². The second-order valence-electron chi connectivity index (χ2n) is 7.03. The number of carbonyl (C=O) groups is 1. The Bertz CT molecular complexity index is 960. The highest BCUT2D eigenvalue weighted by atomic mass is 16.5. The maximum absolute atomic E-state index is 12.4. The van der Waals surface area contributed by atoms with Crippen molar-refractivity contribution in [3.8, 4) is 17.3 Å². The van der Waals surface area contributed by atoms with Gasteiger partial charge in [0.2, 0.25) is 17.6 Å². The van der Waals surface area contributed by atoms with Gasteiger partial charge < -0.3 is 14.6 Å². The lowest BCUT2D eigenvalue weighted by Gasteiger charge is -2.14. The van der Waals surface area contributed by atoms with Gasteiger partial charge in [0.1, 0.15) is 11.4 Å². The van der Waals surface area contributed by atoms with Crippen molar-refractivity contribution in [1.29, 1.82) is 0 Å². The van der Waals surface area contributed by atoms with Gasteiger partial charge in [0.25, 0.3) is 0 Å². The summed E-state index contributed by atoms with van der Waals surface area (Å²) in [7, 11) is 3.60. The third-order valence-electron chi connectivity index (χ3n) is 4.96. The van der Waals surface area contributed by atoms with Gasteiger partial charge in [-0.2, -0.15) is 4.98 Å². The molecule has 0 saturated carbocycles. The predicted molar refractivity (Wildman–Crippen MR) is 104 cm³/mol. The molecule has 9 heteroatoms. The molecule has 1 aliphatic rings. The van der Waals surface area contributed by atoms with E-state index in [9.17, 15) is 4.79 Å². The van der Waals surface area contributed by atoms with Crippen LogP contribution in [0, 0.1) is 0 Å². The molecule has 4 rings (SSSR count). The summed E-state index contributed by atoms with van der Waals surface area (Å²) >= 11 is 0. The van der Waals surface area contributed by atoms with Crippen LogP contribution in [0.2, 0.25) is 0 Å². The molecule has 3 aromatic rings. The number of methoxy groups -OCH3 is 1. The lowest BCUT2D eigenvalue weighted by molar-refractivity contribution is -0.121. The number of benzene rings is 1. The van der Waals surface area contributed by atoms with Crippen LogP contribution in [0.3, 0.4) is 0 Å². The van der Waals surface area contributed by atoms with Crippen LogP contribution in [0.25, 0.3) is 11.5 Å². The maximum Gasteiger partial charge on any atom is 0.244 e. The average Bonchev–Trinajstić information content (AvgIpc) is 3.36. The molecule has 2 aromatic heterocycles. The molecule has 9 nitrogen and oxygen atoms in total. The van der Waals surface area contributed by atoms with Gasteiger partial charge in [-0.25, -0.2) is 4.98 Å². The minimum absolute atomic E-state index is 0.0139. The summed E-state index contributed by atoms with van der Waals surface area (Å²) in [5, 5.41) is 7.11. The number of hydrogen-bond acceptors (Lipinski definition) is 8. The van der Waals surface area contributed by atoms with Crippen molar-refractivity contribution < 1.29 is 14.1 Å². The number of likely N-dealkylation sites (N-methyl/N-ethyl adjacent to an activating group) is 1. The monoisotopic (exact) mass is 394 g/mol. The molecule has 1 aliphatic heterocycles. The van der Waals surface area contributed by atoms with E-state index in [-0.39, 0.29) is 18.0 Å². The van der Waals surface area contributed by atoms with Crippen molar-refractivity contribution in [2.45, 2.75) is 24.9 Å². The van der Waals surface area contributed by atoms with E-state index in [1.54, 1.807) is 25.7 Å². The Morgan fingerprint density at radius 1 is 1.31 bits per heavy atom. The molecule has 3 heterocycles. The van der Waals surface area contributed by atoms with Crippen LogP contribution in [0.4, 0.5) is 0 Å². The van der Waals surface area contributed by atoms with Crippen LogP contribution in [0.15, 0.2) is 47.4 Å². The van der Waals surface area contributed by atoms with E-state index >= 15 is 0 Å². The molecule has 2 atom stereocenters. The summed E-state index contributed by atoms with van der Waals surface area (Å²) in [6, 6.07) is 7.46. The number of carbonyl (C=O) groups excluding carboxylic acids is 1. The minimum atomic E-state index is -0.0563. The average molecular weight is 394 g/mol. The molecular formula is C20H22N6O3. The van der Waals surface area contributed by atoms with Crippen molar-refractivity contribution in [3.63, 3.8) is 0 Å². The van der Waals surface area contributed by atoms with Gasteiger partial charge in [-0.3, -0.25) is 14.7 Å². The lowest BCUT2D eigenvalue weighted by atomic mass is 10.1. The first-order valence-electron chi connectivity index (χ1n) is 9.35. The second-order valence-corrected chi connectivity index (χ2v) is 7.03. The molecule has 0 aliphatic carbocycles. The SMILES string of the molecule is COc1ccc(CC(=O)NC2CC(c3nc(-c4cnccn4)no3)N(C)C2)cc1. The summed E-state index contributed by atoms with van der Waals surface area (Å²) < 4.78 is 10.6. The Morgan fingerprint density at radius 3 is 2.86 bits per heavy atom. The number of rotatable bonds is 6. The smallest absolute Gasteiger partial charge is 0.244 e. The Hall–Kier alpha value is -3.33. The zero-order valence-corrected chi connectivity index (χ0v) is 16.3.